The molecule has 1 aromatic carbocycles. The van der Waals surface area contributed by atoms with E-state index in [1.165, 1.54) is 12.1 Å². The number of nitrogens with one attached hydrogen (secondary N) is 1. The standard InChI is InChI=1S/C12H15ClN2O2S2/c13-9-4-3-5-10(8-9)19(16,17)15-12(11(14)18)6-1-2-7-12/h3-5,8,15H,1-2,6-7H2,(H2,14,18). The Morgan fingerprint density at radius 2 is 2.00 bits per heavy atom. The fourth-order valence-corrected chi connectivity index (χ4v) is 4.39. The minimum Gasteiger partial charge on any atom is -0.392 e. The maximum absolute atomic E-state index is 12.4. The Balaban J connectivity index is 2.33. The van der Waals surface area contributed by atoms with Crippen LogP contribution in [0.4, 0.5) is 0 Å². The zero-order valence-electron chi connectivity index (χ0n) is 10.2. The Morgan fingerprint density at radius 1 is 1.37 bits per heavy atom. The molecule has 2 rings (SSSR count). The van der Waals surface area contributed by atoms with E-state index < -0.39 is 15.6 Å². The molecule has 3 N–H and O–H groups in total. The molecule has 1 aromatic rings. The molecule has 0 atom stereocenters. The summed E-state index contributed by atoms with van der Waals surface area (Å²) in [4.78, 5) is 0.332. The van der Waals surface area contributed by atoms with Crippen molar-refractivity contribution in [2.24, 2.45) is 5.73 Å². The van der Waals surface area contributed by atoms with Gasteiger partial charge in [0.2, 0.25) is 10.0 Å². The number of halogens is 1. The minimum atomic E-state index is -3.67. The second-order valence-electron chi connectivity index (χ2n) is 4.72. The molecule has 0 saturated heterocycles. The van der Waals surface area contributed by atoms with Crippen LogP contribution in [-0.4, -0.2) is 18.9 Å². The number of rotatable bonds is 4. The Labute approximate surface area is 123 Å². The third-order valence-corrected chi connectivity index (χ3v) is 5.52. The molecule has 1 aliphatic rings. The first-order valence-electron chi connectivity index (χ1n) is 5.95. The van der Waals surface area contributed by atoms with Gasteiger partial charge in [0, 0.05) is 5.02 Å². The molecule has 0 unspecified atom stereocenters. The van der Waals surface area contributed by atoms with E-state index in [1.54, 1.807) is 12.1 Å². The van der Waals surface area contributed by atoms with Crippen LogP contribution in [-0.2, 0) is 10.0 Å². The van der Waals surface area contributed by atoms with E-state index in [9.17, 15) is 8.42 Å². The van der Waals surface area contributed by atoms with Gasteiger partial charge in [-0.05, 0) is 31.0 Å². The summed E-state index contributed by atoms with van der Waals surface area (Å²) in [7, 11) is -3.67. The van der Waals surface area contributed by atoms with Gasteiger partial charge in [0.15, 0.2) is 0 Å². The molecule has 0 aromatic heterocycles. The maximum atomic E-state index is 12.4. The summed E-state index contributed by atoms with van der Waals surface area (Å²) in [5.41, 5.74) is 4.93. The van der Waals surface area contributed by atoms with Gasteiger partial charge in [0.1, 0.15) is 0 Å². The van der Waals surface area contributed by atoms with Crippen molar-refractivity contribution in [2.75, 3.05) is 0 Å². The zero-order valence-corrected chi connectivity index (χ0v) is 12.6. The second-order valence-corrected chi connectivity index (χ2v) is 7.28. The Morgan fingerprint density at radius 3 is 2.53 bits per heavy atom. The van der Waals surface area contributed by atoms with E-state index in [2.05, 4.69) is 4.72 Å². The highest BCUT2D eigenvalue weighted by Gasteiger charge is 2.40. The Kier molecular flexibility index (Phi) is 4.15. The minimum absolute atomic E-state index is 0.127. The summed E-state index contributed by atoms with van der Waals surface area (Å²) in [6.07, 6.45) is 3.11. The van der Waals surface area contributed by atoms with E-state index in [1.807, 2.05) is 0 Å². The van der Waals surface area contributed by atoms with Crippen molar-refractivity contribution in [3.8, 4) is 0 Å². The smallest absolute Gasteiger partial charge is 0.241 e. The van der Waals surface area contributed by atoms with Gasteiger partial charge in [-0.1, -0.05) is 42.7 Å². The number of hydrogen-bond donors (Lipinski definition) is 2. The van der Waals surface area contributed by atoms with Crippen LogP contribution in [0, 0.1) is 0 Å². The molecular weight excluding hydrogens is 304 g/mol. The van der Waals surface area contributed by atoms with Crippen LogP contribution in [0.15, 0.2) is 29.2 Å². The fraction of sp³-hybridized carbons (Fsp3) is 0.417. The fourth-order valence-electron chi connectivity index (χ4n) is 2.33. The maximum Gasteiger partial charge on any atom is 0.241 e. The van der Waals surface area contributed by atoms with E-state index in [0.717, 1.165) is 12.8 Å². The van der Waals surface area contributed by atoms with Crippen molar-refractivity contribution in [3.63, 3.8) is 0 Å². The molecule has 4 nitrogen and oxygen atoms in total. The van der Waals surface area contributed by atoms with E-state index in [0.29, 0.717) is 17.9 Å². The highest BCUT2D eigenvalue weighted by atomic mass is 35.5. The Hall–Kier alpha value is -0.690. The molecule has 1 fully saturated rings. The number of nitrogens with two attached hydrogens (primary N) is 1. The average molecular weight is 319 g/mol. The highest BCUT2D eigenvalue weighted by Crippen LogP contribution is 2.32. The molecule has 0 amide bonds. The highest BCUT2D eigenvalue weighted by molar-refractivity contribution is 7.89. The predicted octanol–water partition coefficient (Wildman–Crippen LogP) is 2.22. The summed E-state index contributed by atoms with van der Waals surface area (Å²) in [5, 5.41) is 0.374. The van der Waals surface area contributed by atoms with Crippen molar-refractivity contribution in [1.29, 1.82) is 0 Å². The largest absolute Gasteiger partial charge is 0.392 e. The van der Waals surface area contributed by atoms with Gasteiger partial charge < -0.3 is 5.73 Å². The van der Waals surface area contributed by atoms with E-state index in [-0.39, 0.29) is 9.88 Å². The number of sulfonamides is 1. The van der Waals surface area contributed by atoms with Crippen LogP contribution in [0.1, 0.15) is 25.7 Å². The predicted molar refractivity (Wildman–Crippen MR) is 79.8 cm³/mol. The molecular formula is C12H15ClN2O2S2. The van der Waals surface area contributed by atoms with Crippen molar-refractivity contribution in [3.05, 3.63) is 29.3 Å². The molecule has 7 heteroatoms. The van der Waals surface area contributed by atoms with Crippen LogP contribution in [0.5, 0.6) is 0 Å². The Bertz CT molecular complexity index is 596. The normalized spacial score (nSPS) is 18.4. The van der Waals surface area contributed by atoms with Gasteiger partial charge in [-0.15, -0.1) is 0 Å². The monoisotopic (exact) mass is 318 g/mol. The van der Waals surface area contributed by atoms with Crippen LogP contribution < -0.4 is 10.5 Å². The van der Waals surface area contributed by atoms with Crippen molar-refractivity contribution in [2.45, 2.75) is 36.1 Å². The van der Waals surface area contributed by atoms with Crippen LogP contribution in [0.25, 0.3) is 0 Å². The van der Waals surface area contributed by atoms with Gasteiger partial charge in [-0.3, -0.25) is 0 Å². The van der Waals surface area contributed by atoms with Gasteiger partial charge in [0.25, 0.3) is 0 Å². The number of thiocarbonyl (C=S) groups is 1. The lowest BCUT2D eigenvalue weighted by molar-refractivity contribution is 0.503. The van der Waals surface area contributed by atoms with E-state index in [4.69, 9.17) is 29.6 Å². The summed E-state index contributed by atoms with van der Waals surface area (Å²) >= 11 is 10.9. The number of hydrogen-bond acceptors (Lipinski definition) is 3. The van der Waals surface area contributed by atoms with Crippen LogP contribution in [0.3, 0.4) is 0 Å². The first-order chi connectivity index (χ1) is 8.86. The lowest BCUT2D eigenvalue weighted by Crippen LogP contribution is -2.54. The SMILES string of the molecule is NC(=S)C1(NS(=O)(=O)c2cccc(Cl)c2)CCCC1. The molecule has 0 heterocycles. The molecule has 1 aliphatic carbocycles. The van der Waals surface area contributed by atoms with Gasteiger partial charge >= 0.3 is 0 Å². The average Bonchev–Trinajstić information content (AvgIpc) is 2.78. The van der Waals surface area contributed by atoms with Gasteiger partial charge in [-0.25, -0.2) is 8.42 Å². The van der Waals surface area contributed by atoms with Crippen LogP contribution in [0.2, 0.25) is 5.02 Å². The van der Waals surface area contributed by atoms with Crippen molar-refractivity contribution in [1.82, 2.24) is 4.72 Å². The number of benzene rings is 1. The summed E-state index contributed by atoms with van der Waals surface area (Å²) in [6, 6.07) is 6.13. The summed E-state index contributed by atoms with van der Waals surface area (Å²) in [5.74, 6) is 0. The van der Waals surface area contributed by atoms with E-state index >= 15 is 0 Å². The molecule has 0 bridgehead atoms. The third-order valence-electron chi connectivity index (χ3n) is 3.36. The zero-order chi connectivity index (χ0) is 14.1. The quantitative estimate of drug-likeness (QED) is 0.835. The lowest BCUT2D eigenvalue weighted by Gasteiger charge is -2.28. The van der Waals surface area contributed by atoms with Crippen molar-refractivity contribution < 1.29 is 8.42 Å². The molecule has 19 heavy (non-hydrogen) atoms. The first kappa shape index (κ1) is 14.7. The molecule has 0 spiro atoms. The van der Waals surface area contributed by atoms with Gasteiger partial charge in [-0.2, -0.15) is 4.72 Å². The molecule has 1 saturated carbocycles. The van der Waals surface area contributed by atoms with Crippen molar-refractivity contribution >= 4 is 38.8 Å². The third kappa shape index (κ3) is 3.08. The molecule has 0 aliphatic heterocycles. The first-order valence-corrected chi connectivity index (χ1v) is 8.22. The molecule has 104 valence electrons. The lowest BCUT2D eigenvalue weighted by atomic mass is 10.00. The second kappa shape index (κ2) is 5.36. The van der Waals surface area contributed by atoms with Crippen LogP contribution >= 0.6 is 23.8 Å². The van der Waals surface area contributed by atoms with Gasteiger partial charge in [0.05, 0.1) is 15.4 Å². The topological polar surface area (TPSA) is 72.2 Å². The molecule has 0 radical (unpaired) electrons. The summed E-state index contributed by atoms with van der Waals surface area (Å²) < 4.78 is 27.4. The summed E-state index contributed by atoms with van der Waals surface area (Å²) in [6.45, 7) is 0.